The Hall–Kier alpha value is -1.20. The first-order valence-corrected chi connectivity index (χ1v) is 6.83. The van der Waals surface area contributed by atoms with Gasteiger partial charge in [0.1, 0.15) is 0 Å². The van der Waals surface area contributed by atoms with E-state index in [1.54, 1.807) is 12.1 Å². The first kappa shape index (κ1) is 13.2. The highest BCUT2D eigenvalue weighted by atomic mass is 79.9. The predicted molar refractivity (Wildman–Crippen MR) is 77.7 cm³/mol. The summed E-state index contributed by atoms with van der Waals surface area (Å²) in [5.74, 6) is 0. The van der Waals surface area contributed by atoms with Gasteiger partial charge in [-0.05, 0) is 61.5 Å². The van der Waals surface area contributed by atoms with Gasteiger partial charge in [0.2, 0.25) is 0 Å². The molecule has 0 radical (unpaired) electrons. The number of rotatable bonds is 3. The van der Waals surface area contributed by atoms with Crippen molar-refractivity contribution in [1.82, 2.24) is 0 Å². The van der Waals surface area contributed by atoms with E-state index < -0.39 is 4.92 Å². The molecule has 0 aliphatic heterocycles. The first-order valence-electron chi connectivity index (χ1n) is 5.24. The summed E-state index contributed by atoms with van der Waals surface area (Å²) in [6, 6.07) is 13.6. The van der Waals surface area contributed by atoms with Crippen molar-refractivity contribution < 1.29 is 4.92 Å². The lowest BCUT2D eigenvalue weighted by atomic mass is 10.1. The van der Waals surface area contributed by atoms with Crippen LogP contribution in [0.2, 0.25) is 0 Å². The molecule has 2 aromatic rings. The summed E-state index contributed by atoms with van der Waals surface area (Å²) in [7, 11) is 0. The van der Waals surface area contributed by atoms with E-state index in [0.717, 1.165) is 12.0 Å². The van der Waals surface area contributed by atoms with E-state index >= 15 is 0 Å². The Morgan fingerprint density at radius 2 is 1.56 bits per heavy atom. The molecule has 0 heterocycles. The van der Waals surface area contributed by atoms with Gasteiger partial charge in [0.05, 0.1) is 13.9 Å². The van der Waals surface area contributed by atoms with Crippen molar-refractivity contribution in [2.45, 2.75) is 6.42 Å². The molecule has 5 heteroatoms. The smallest absolute Gasteiger partial charge is 0.258 e. The molecule has 0 aromatic heterocycles. The average Bonchev–Trinajstić information content (AvgIpc) is 2.28. The summed E-state index contributed by atoms with van der Waals surface area (Å²) in [6.45, 7) is 0. The van der Waals surface area contributed by atoms with Crippen molar-refractivity contribution in [1.29, 1.82) is 0 Å². The first-order chi connectivity index (χ1) is 8.58. The highest BCUT2D eigenvalue weighted by molar-refractivity contribution is 9.11. The molecule has 18 heavy (non-hydrogen) atoms. The molecule has 0 atom stereocenters. The van der Waals surface area contributed by atoms with Crippen LogP contribution in [-0.4, -0.2) is 4.92 Å². The SMILES string of the molecule is O=[N+]([O-])c1c(Br)cc(Cc2ccccc2)cc1Br. The third-order valence-corrected chi connectivity index (χ3v) is 3.72. The zero-order chi connectivity index (χ0) is 13.1. The minimum Gasteiger partial charge on any atom is -0.258 e. The number of benzene rings is 2. The molecule has 0 aliphatic rings. The van der Waals surface area contributed by atoms with E-state index in [2.05, 4.69) is 31.9 Å². The molecule has 0 fully saturated rings. The molecular weight excluding hydrogens is 362 g/mol. The van der Waals surface area contributed by atoms with Crippen LogP contribution in [0.15, 0.2) is 51.4 Å². The van der Waals surface area contributed by atoms with Gasteiger partial charge in [-0.2, -0.15) is 0 Å². The third-order valence-electron chi connectivity index (χ3n) is 2.51. The van der Waals surface area contributed by atoms with E-state index in [1.165, 1.54) is 5.56 Å². The van der Waals surface area contributed by atoms with E-state index in [-0.39, 0.29) is 5.69 Å². The van der Waals surface area contributed by atoms with Crippen LogP contribution in [0.3, 0.4) is 0 Å². The Morgan fingerprint density at radius 1 is 1.00 bits per heavy atom. The molecule has 2 aromatic carbocycles. The fraction of sp³-hybridized carbons (Fsp3) is 0.0769. The molecule has 0 unspecified atom stereocenters. The van der Waals surface area contributed by atoms with Gasteiger partial charge in [-0.15, -0.1) is 0 Å². The largest absolute Gasteiger partial charge is 0.297 e. The summed E-state index contributed by atoms with van der Waals surface area (Å²) < 4.78 is 0.987. The van der Waals surface area contributed by atoms with Gasteiger partial charge >= 0.3 is 0 Å². The maximum absolute atomic E-state index is 10.9. The Labute approximate surface area is 121 Å². The number of nitro benzene ring substituents is 1. The van der Waals surface area contributed by atoms with Crippen molar-refractivity contribution in [2.24, 2.45) is 0 Å². The Kier molecular flexibility index (Phi) is 4.14. The molecule has 92 valence electrons. The fourth-order valence-corrected chi connectivity index (χ4v) is 3.30. The second-order valence-electron chi connectivity index (χ2n) is 3.83. The molecule has 0 N–H and O–H groups in total. The van der Waals surface area contributed by atoms with Crippen molar-refractivity contribution in [3.63, 3.8) is 0 Å². The van der Waals surface area contributed by atoms with Crippen molar-refractivity contribution >= 4 is 37.5 Å². The van der Waals surface area contributed by atoms with Crippen molar-refractivity contribution in [3.05, 3.63) is 72.7 Å². The second-order valence-corrected chi connectivity index (χ2v) is 5.54. The number of nitro groups is 1. The minimum atomic E-state index is -0.402. The normalized spacial score (nSPS) is 10.3. The summed E-state index contributed by atoms with van der Waals surface area (Å²) >= 11 is 6.48. The van der Waals surface area contributed by atoms with E-state index in [4.69, 9.17) is 0 Å². The number of nitrogens with zero attached hydrogens (tertiary/aromatic N) is 1. The molecule has 0 saturated heterocycles. The molecule has 0 aliphatic carbocycles. The van der Waals surface area contributed by atoms with Crippen LogP contribution in [0.1, 0.15) is 11.1 Å². The molecule has 0 bridgehead atoms. The molecule has 3 nitrogen and oxygen atoms in total. The number of halogens is 2. The molecular formula is C13H9Br2NO2. The third kappa shape index (κ3) is 2.97. The minimum absolute atomic E-state index is 0.0619. The van der Waals surface area contributed by atoms with Gasteiger partial charge < -0.3 is 0 Å². The Balaban J connectivity index is 2.34. The summed E-state index contributed by atoms with van der Waals surface area (Å²) in [4.78, 5) is 10.5. The van der Waals surface area contributed by atoms with Gasteiger partial charge in [-0.25, -0.2) is 0 Å². The zero-order valence-corrected chi connectivity index (χ0v) is 12.4. The second kappa shape index (κ2) is 5.63. The van der Waals surface area contributed by atoms with Gasteiger partial charge in [-0.1, -0.05) is 30.3 Å². The Bertz CT molecular complexity index is 562. The molecule has 2 rings (SSSR count). The van der Waals surface area contributed by atoms with Crippen molar-refractivity contribution in [2.75, 3.05) is 0 Å². The highest BCUT2D eigenvalue weighted by Crippen LogP contribution is 2.34. The standard InChI is InChI=1S/C13H9Br2NO2/c14-11-7-10(6-9-4-2-1-3-5-9)8-12(15)13(11)16(17)18/h1-5,7-8H,6H2. The maximum atomic E-state index is 10.9. The average molecular weight is 371 g/mol. The monoisotopic (exact) mass is 369 g/mol. The summed E-state index contributed by atoms with van der Waals surface area (Å²) in [6.07, 6.45) is 0.746. The number of hydrogen-bond acceptors (Lipinski definition) is 2. The predicted octanol–water partition coefficient (Wildman–Crippen LogP) is 4.71. The van der Waals surface area contributed by atoms with Gasteiger partial charge in [0.25, 0.3) is 5.69 Å². The zero-order valence-electron chi connectivity index (χ0n) is 9.27. The van der Waals surface area contributed by atoms with Crippen LogP contribution in [-0.2, 0) is 6.42 Å². The van der Waals surface area contributed by atoms with E-state index in [1.807, 2.05) is 30.3 Å². The number of hydrogen-bond donors (Lipinski definition) is 0. The van der Waals surface area contributed by atoms with Gasteiger partial charge in [0, 0.05) is 0 Å². The van der Waals surface area contributed by atoms with Crippen LogP contribution in [0.4, 0.5) is 5.69 Å². The molecule has 0 amide bonds. The molecule has 0 saturated carbocycles. The lowest BCUT2D eigenvalue weighted by Gasteiger charge is -2.05. The van der Waals surface area contributed by atoms with Crippen LogP contribution < -0.4 is 0 Å². The van der Waals surface area contributed by atoms with E-state index in [0.29, 0.717) is 8.95 Å². The van der Waals surface area contributed by atoms with Crippen LogP contribution in [0.25, 0.3) is 0 Å². The van der Waals surface area contributed by atoms with Crippen LogP contribution in [0.5, 0.6) is 0 Å². The highest BCUT2D eigenvalue weighted by Gasteiger charge is 2.17. The quantitative estimate of drug-likeness (QED) is 0.580. The molecule has 0 spiro atoms. The topological polar surface area (TPSA) is 43.1 Å². The maximum Gasteiger partial charge on any atom is 0.297 e. The lowest BCUT2D eigenvalue weighted by Crippen LogP contribution is -1.94. The van der Waals surface area contributed by atoms with Gasteiger partial charge in [0.15, 0.2) is 0 Å². The van der Waals surface area contributed by atoms with Crippen LogP contribution >= 0.6 is 31.9 Å². The summed E-state index contributed by atoms with van der Waals surface area (Å²) in [5, 5.41) is 10.9. The Morgan fingerprint density at radius 3 is 2.06 bits per heavy atom. The van der Waals surface area contributed by atoms with Gasteiger partial charge in [-0.3, -0.25) is 10.1 Å². The van der Waals surface area contributed by atoms with E-state index in [9.17, 15) is 10.1 Å². The lowest BCUT2D eigenvalue weighted by molar-refractivity contribution is -0.386. The fourth-order valence-electron chi connectivity index (χ4n) is 1.73. The summed E-state index contributed by atoms with van der Waals surface area (Å²) in [5.41, 5.74) is 2.25. The van der Waals surface area contributed by atoms with Crippen molar-refractivity contribution in [3.8, 4) is 0 Å². The van der Waals surface area contributed by atoms with Crippen LogP contribution in [0, 0.1) is 10.1 Å².